The van der Waals surface area contributed by atoms with Gasteiger partial charge in [-0.3, -0.25) is 0 Å². The van der Waals surface area contributed by atoms with Crippen LogP contribution in [0, 0.1) is 23.3 Å². The van der Waals surface area contributed by atoms with E-state index in [-0.39, 0.29) is 29.1 Å². The highest BCUT2D eigenvalue weighted by Gasteiger charge is 2.42. The Labute approximate surface area is 172 Å². The van der Waals surface area contributed by atoms with Crippen molar-refractivity contribution in [2.75, 3.05) is 0 Å². The summed E-state index contributed by atoms with van der Waals surface area (Å²) in [6.07, 6.45) is 1.22. The topological polar surface area (TPSA) is 89.9 Å². The molecule has 0 fully saturated rings. The number of aliphatic hydroxyl groups is 1. The minimum absolute atomic E-state index is 0.0963. The van der Waals surface area contributed by atoms with Crippen LogP contribution in [-0.4, -0.2) is 30.5 Å². The summed E-state index contributed by atoms with van der Waals surface area (Å²) in [5.41, 5.74) is -1.97. The predicted octanol–water partition coefficient (Wildman–Crippen LogP) is 3.58. The molecule has 0 aliphatic carbocycles. The number of hydrogen-bond donors (Lipinski definition) is 1. The Morgan fingerprint density at radius 1 is 1.03 bits per heavy atom. The minimum Gasteiger partial charge on any atom is -0.382 e. The molecule has 0 bridgehead atoms. The molecule has 160 valence electrons. The molecular formula is C20H15F4N5O2. The lowest BCUT2D eigenvalue weighted by Gasteiger charge is -2.33. The van der Waals surface area contributed by atoms with Crippen LogP contribution in [0.5, 0.6) is 0 Å². The lowest BCUT2D eigenvalue weighted by Crippen LogP contribution is -2.38. The summed E-state index contributed by atoms with van der Waals surface area (Å²) in [5.74, 6) is -4.23. The SMILES string of the molecule is C[C@@H](c1cc(-c2cc(F)cc(F)c2)no1)[C@](O)(Cn1cnnn1)c1ccc(F)cc1F. The van der Waals surface area contributed by atoms with Crippen LogP contribution >= 0.6 is 0 Å². The van der Waals surface area contributed by atoms with Gasteiger partial charge in [-0.05, 0) is 28.6 Å². The van der Waals surface area contributed by atoms with Crippen molar-refractivity contribution in [3.8, 4) is 11.3 Å². The maximum absolute atomic E-state index is 14.6. The first-order chi connectivity index (χ1) is 14.8. The Hall–Kier alpha value is -3.60. The molecule has 2 aromatic heterocycles. The van der Waals surface area contributed by atoms with Crippen molar-refractivity contribution >= 4 is 0 Å². The normalized spacial score (nSPS) is 14.4. The highest BCUT2D eigenvalue weighted by atomic mass is 19.1. The summed E-state index contributed by atoms with van der Waals surface area (Å²) in [5, 5.41) is 26.0. The van der Waals surface area contributed by atoms with Crippen LogP contribution in [0.2, 0.25) is 0 Å². The van der Waals surface area contributed by atoms with Gasteiger partial charge in [-0.1, -0.05) is 18.1 Å². The van der Waals surface area contributed by atoms with Gasteiger partial charge in [0.15, 0.2) is 0 Å². The average molecular weight is 433 g/mol. The molecule has 11 heteroatoms. The van der Waals surface area contributed by atoms with Crippen molar-refractivity contribution in [3.05, 3.63) is 83.4 Å². The fourth-order valence-electron chi connectivity index (χ4n) is 3.36. The zero-order valence-corrected chi connectivity index (χ0v) is 16.0. The van der Waals surface area contributed by atoms with Crippen LogP contribution in [0.1, 0.15) is 24.2 Å². The summed E-state index contributed by atoms with van der Waals surface area (Å²) < 4.78 is 61.6. The number of rotatable bonds is 6. The predicted molar refractivity (Wildman–Crippen MR) is 98.3 cm³/mol. The zero-order valence-electron chi connectivity index (χ0n) is 16.0. The van der Waals surface area contributed by atoms with Crippen LogP contribution in [-0.2, 0) is 12.1 Å². The van der Waals surface area contributed by atoms with Crippen molar-refractivity contribution in [2.45, 2.75) is 25.0 Å². The van der Waals surface area contributed by atoms with Crippen molar-refractivity contribution in [2.24, 2.45) is 0 Å². The maximum Gasteiger partial charge on any atom is 0.143 e. The summed E-state index contributed by atoms with van der Waals surface area (Å²) in [6, 6.07) is 7.01. The van der Waals surface area contributed by atoms with Crippen molar-refractivity contribution in [1.29, 1.82) is 0 Å². The second-order valence-corrected chi connectivity index (χ2v) is 7.05. The molecule has 0 radical (unpaired) electrons. The van der Waals surface area contributed by atoms with Gasteiger partial charge in [0.25, 0.3) is 0 Å². The Bertz CT molecular complexity index is 1190. The van der Waals surface area contributed by atoms with Crippen LogP contribution in [0.4, 0.5) is 17.6 Å². The summed E-state index contributed by atoms with van der Waals surface area (Å²) in [7, 11) is 0. The van der Waals surface area contributed by atoms with E-state index in [0.717, 1.165) is 30.3 Å². The Balaban J connectivity index is 1.76. The van der Waals surface area contributed by atoms with Gasteiger partial charge in [-0.15, -0.1) is 5.10 Å². The van der Waals surface area contributed by atoms with Crippen LogP contribution < -0.4 is 0 Å². The monoisotopic (exact) mass is 433 g/mol. The largest absolute Gasteiger partial charge is 0.382 e. The molecular weight excluding hydrogens is 418 g/mol. The van der Waals surface area contributed by atoms with Gasteiger partial charge in [-0.25, -0.2) is 22.2 Å². The molecule has 2 aromatic carbocycles. The standard InChI is InChI=1S/C20H15F4N5O2/c1-11(19-8-18(26-31-19)12-4-14(22)6-15(23)5-12)20(30,9-29-10-25-27-28-29)16-3-2-13(21)7-17(16)24/h2-8,10-11,30H,9H2,1H3/t11-,20+/m0/s1. The second-order valence-electron chi connectivity index (χ2n) is 7.05. The number of halogens is 4. The second kappa shape index (κ2) is 7.91. The molecule has 0 spiro atoms. The summed E-state index contributed by atoms with van der Waals surface area (Å²) >= 11 is 0. The van der Waals surface area contributed by atoms with Gasteiger partial charge < -0.3 is 9.63 Å². The van der Waals surface area contributed by atoms with Crippen LogP contribution in [0.15, 0.2) is 53.3 Å². The van der Waals surface area contributed by atoms with Gasteiger partial charge in [0.05, 0.1) is 12.5 Å². The van der Waals surface area contributed by atoms with Gasteiger partial charge in [0, 0.05) is 29.3 Å². The molecule has 0 aliphatic heterocycles. The molecule has 2 atom stereocenters. The Kier molecular flexibility index (Phi) is 5.27. The van der Waals surface area contributed by atoms with E-state index < -0.39 is 34.8 Å². The third-order valence-electron chi connectivity index (χ3n) is 5.02. The number of hydrogen-bond acceptors (Lipinski definition) is 6. The van der Waals surface area contributed by atoms with E-state index >= 15 is 0 Å². The molecule has 0 aliphatic rings. The van der Waals surface area contributed by atoms with Gasteiger partial charge >= 0.3 is 0 Å². The number of nitrogens with zero attached hydrogens (tertiary/aromatic N) is 5. The molecule has 0 saturated carbocycles. The van der Waals surface area contributed by atoms with Crippen molar-refractivity contribution in [1.82, 2.24) is 25.4 Å². The van der Waals surface area contributed by atoms with E-state index in [1.165, 1.54) is 24.0 Å². The molecule has 1 N–H and O–H groups in total. The Morgan fingerprint density at radius 3 is 2.42 bits per heavy atom. The zero-order chi connectivity index (χ0) is 22.2. The van der Waals surface area contributed by atoms with Gasteiger partial charge in [-0.2, -0.15) is 0 Å². The van der Waals surface area contributed by atoms with E-state index in [0.29, 0.717) is 6.07 Å². The fraction of sp³-hybridized carbons (Fsp3) is 0.200. The smallest absolute Gasteiger partial charge is 0.143 e. The molecule has 0 saturated heterocycles. The molecule has 7 nitrogen and oxygen atoms in total. The van der Waals surface area contributed by atoms with E-state index in [4.69, 9.17) is 4.52 Å². The number of benzene rings is 2. The third kappa shape index (κ3) is 4.04. The number of tetrazole rings is 1. The Morgan fingerprint density at radius 2 is 1.77 bits per heavy atom. The third-order valence-corrected chi connectivity index (χ3v) is 5.02. The van der Waals surface area contributed by atoms with E-state index in [2.05, 4.69) is 20.7 Å². The van der Waals surface area contributed by atoms with Gasteiger partial charge in [0.1, 0.15) is 46.7 Å². The number of aromatic nitrogens is 5. The first-order valence-corrected chi connectivity index (χ1v) is 9.08. The van der Waals surface area contributed by atoms with Crippen LogP contribution in [0.3, 0.4) is 0 Å². The first-order valence-electron chi connectivity index (χ1n) is 9.08. The molecule has 0 unspecified atom stereocenters. The van der Waals surface area contributed by atoms with Crippen molar-refractivity contribution < 1.29 is 27.2 Å². The quantitative estimate of drug-likeness (QED) is 0.468. The molecule has 4 aromatic rings. The maximum atomic E-state index is 14.6. The van der Waals surface area contributed by atoms with Crippen LogP contribution in [0.25, 0.3) is 11.3 Å². The highest BCUT2D eigenvalue weighted by molar-refractivity contribution is 5.59. The minimum atomic E-state index is -1.99. The summed E-state index contributed by atoms with van der Waals surface area (Å²) in [4.78, 5) is 0. The molecule has 4 rings (SSSR count). The fourth-order valence-corrected chi connectivity index (χ4v) is 3.36. The molecule has 31 heavy (non-hydrogen) atoms. The lowest BCUT2D eigenvalue weighted by molar-refractivity contribution is -0.0185. The van der Waals surface area contributed by atoms with Gasteiger partial charge in [0.2, 0.25) is 0 Å². The first kappa shape index (κ1) is 20.7. The molecule has 0 amide bonds. The summed E-state index contributed by atoms with van der Waals surface area (Å²) in [6.45, 7) is 1.23. The van der Waals surface area contributed by atoms with E-state index in [9.17, 15) is 22.7 Å². The lowest BCUT2D eigenvalue weighted by atomic mass is 9.80. The van der Waals surface area contributed by atoms with E-state index in [1.807, 2.05) is 0 Å². The van der Waals surface area contributed by atoms with Crippen molar-refractivity contribution in [3.63, 3.8) is 0 Å². The highest BCUT2D eigenvalue weighted by Crippen LogP contribution is 2.40. The average Bonchev–Trinajstić information content (AvgIpc) is 3.38. The van der Waals surface area contributed by atoms with E-state index in [1.54, 1.807) is 0 Å². The molecule has 2 heterocycles.